The van der Waals surface area contributed by atoms with Crippen LogP contribution in [-0.4, -0.2) is 63.2 Å². The van der Waals surface area contributed by atoms with E-state index in [-0.39, 0.29) is 35.3 Å². The number of hydrogen-bond acceptors (Lipinski definition) is 6. The summed E-state index contributed by atoms with van der Waals surface area (Å²) in [5.74, 6) is 0.243. The molecular formula is C37H42N4O5S. The lowest BCUT2D eigenvalue weighted by molar-refractivity contribution is 0.0927. The van der Waals surface area contributed by atoms with E-state index < -0.39 is 10.0 Å². The molecule has 0 heterocycles. The van der Waals surface area contributed by atoms with Crippen molar-refractivity contribution in [2.24, 2.45) is 0 Å². The highest BCUT2D eigenvalue weighted by Crippen LogP contribution is 2.45. The maximum absolute atomic E-state index is 14.0. The predicted octanol–water partition coefficient (Wildman–Crippen LogP) is 5.19. The first-order valence-corrected chi connectivity index (χ1v) is 17.3. The van der Waals surface area contributed by atoms with Gasteiger partial charge in [0.05, 0.1) is 17.0 Å². The molecule has 4 aromatic rings. The molecule has 0 bridgehead atoms. The molecule has 4 aromatic carbocycles. The van der Waals surface area contributed by atoms with Gasteiger partial charge in [-0.2, -0.15) is 4.31 Å². The normalized spacial score (nSPS) is 13.7. The van der Waals surface area contributed by atoms with Gasteiger partial charge in [-0.3, -0.25) is 9.59 Å². The third-order valence-corrected chi connectivity index (χ3v) is 10.0. The highest BCUT2D eigenvalue weighted by atomic mass is 32.2. The number of likely N-dealkylation sites (N-methyl/N-ethyl adjacent to an activating group) is 1. The van der Waals surface area contributed by atoms with Crippen LogP contribution >= 0.6 is 0 Å². The Morgan fingerprint density at radius 3 is 1.83 bits per heavy atom. The highest BCUT2D eigenvalue weighted by Gasteiger charge is 2.45. The first kappa shape index (κ1) is 33.8. The maximum atomic E-state index is 14.0. The third kappa shape index (κ3) is 8.65. The SMILES string of the molecule is CCOc1ccc(S(=O)(=O)N(Cc2ccc(C(=O)NCCN(C)C)cc2)Cc2ccc(C(=O)NC3(c4ccccc4)CC3)cc2)cc1. The van der Waals surface area contributed by atoms with E-state index in [1.54, 1.807) is 72.8 Å². The summed E-state index contributed by atoms with van der Waals surface area (Å²) in [5, 5.41) is 6.09. The Kier molecular flexibility index (Phi) is 10.8. The fraction of sp³-hybridized carbons (Fsp3) is 0.297. The van der Waals surface area contributed by atoms with E-state index in [0.29, 0.717) is 30.0 Å². The summed E-state index contributed by atoms with van der Waals surface area (Å²) in [7, 11) is -0.0545. The molecular weight excluding hydrogens is 612 g/mol. The summed E-state index contributed by atoms with van der Waals surface area (Å²) < 4.78 is 34.9. The molecule has 9 nitrogen and oxygen atoms in total. The molecule has 0 unspecified atom stereocenters. The Bertz CT molecular complexity index is 1750. The van der Waals surface area contributed by atoms with Crippen molar-refractivity contribution in [1.82, 2.24) is 19.8 Å². The Morgan fingerprint density at radius 2 is 1.32 bits per heavy atom. The van der Waals surface area contributed by atoms with Crippen molar-refractivity contribution >= 4 is 21.8 Å². The molecule has 2 amide bonds. The number of benzene rings is 4. The molecule has 0 spiro atoms. The van der Waals surface area contributed by atoms with Gasteiger partial charge in [0.25, 0.3) is 11.8 Å². The van der Waals surface area contributed by atoms with Crippen molar-refractivity contribution in [3.05, 3.63) is 131 Å². The zero-order valence-electron chi connectivity index (χ0n) is 27.1. The van der Waals surface area contributed by atoms with Gasteiger partial charge in [-0.05, 0) is 99.1 Å². The molecule has 1 aliphatic rings. The fourth-order valence-electron chi connectivity index (χ4n) is 5.33. The van der Waals surface area contributed by atoms with E-state index in [0.717, 1.165) is 36.1 Å². The molecule has 0 radical (unpaired) electrons. The molecule has 0 atom stereocenters. The third-order valence-electron chi connectivity index (χ3n) is 8.20. The number of sulfonamides is 1. The monoisotopic (exact) mass is 654 g/mol. The summed E-state index contributed by atoms with van der Waals surface area (Å²) in [6.07, 6.45) is 1.78. The van der Waals surface area contributed by atoms with Gasteiger partial charge in [-0.15, -0.1) is 0 Å². The zero-order valence-corrected chi connectivity index (χ0v) is 27.9. The summed E-state index contributed by atoms with van der Waals surface area (Å²) in [5.41, 5.74) is 3.24. The Hall–Kier alpha value is -4.51. The molecule has 1 saturated carbocycles. The van der Waals surface area contributed by atoms with Crippen LogP contribution in [-0.2, 0) is 28.7 Å². The van der Waals surface area contributed by atoms with Gasteiger partial charge in [0.1, 0.15) is 5.75 Å². The standard InChI is InChI=1S/C37H42N4O5S/c1-4-46-33-18-20-34(21-19-33)47(44,45)41(26-28-10-14-30(15-11-28)35(42)38-24-25-40(2)3)27-29-12-16-31(17-13-29)36(43)39-37(22-23-37)32-8-6-5-7-9-32/h5-21H,4,22-27H2,1-3H3,(H,38,42)(H,39,43). The Balaban J connectivity index is 1.33. The largest absolute Gasteiger partial charge is 0.494 e. The molecule has 1 aliphatic carbocycles. The average molecular weight is 655 g/mol. The van der Waals surface area contributed by atoms with Crippen LogP contribution < -0.4 is 15.4 Å². The zero-order chi connectivity index (χ0) is 33.4. The van der Waals surface area contributed by atoms with E-state index in [2.05, 4.69) is 10.6 Å². The van der Waals surface area contributed by atoms with Crippen molar-refractivity contribution in [3.63, 3.8) is 0 Å². The molecule has 47 heavy (non-hydrogen) atoms. The van der Waals surface area contributed by atoms with Crippen LogP contribution in [0, 0.1) is 0 Å². The van der Waals surface area contributed by atoms with E-state index in [1.807, 2.05) is 56.3 Å². The lowest BCUT2D eigenvalue weighted by atomic mass is 10.0. The summed E-state index contributed by atoms with van der Waals surface area (Å²) in [6.45, 7) is 3.76. The van der Waals surface area contributed by atoms with E-state index in [9.17, 15) is 18.0 Å². The molecule has 0 aromatic heterocycles. The minimum absolute atomic E-state index is 0.0815. The fourth-order valence-corrected chi connectivity index (χ4v) is 6.75. The first-order valence-electron chi connectivity index (χ1n) is 15.8. The predicted molar refractivity (Wildman–Crippen MR) is 183 cm³/mol. The second-order valence-electron chi connectivity index (χ2n) is 12.0. The van der Waals surface area contributed by atoms with Gasteiger partial charge in [0, 0.05) is 37.3 Å². The number of nitrogens with zero attached hydrogens (tertiary/aromatic N) is 2. The highest BCUT2D eigenvalue weighted by molar-refractivity contribution is 7.89. The average Bonchev–Trinajstić information content (AvgIpc) is 3.86. The van der Waals surface area contributed by atoms with Crippen LogP contribution in [0.5, 0.6) is 5.75 Å². The first-order chi connectivity index (χ1) is 22.6. The van der Waals surface area contributed by atoms with Crippen molar-refractivity contribution in [2.45, 2.75) is 43.3 Å². The number of carbonyl (C=O) groups is 2. The minimum Gasteiger partial charge on any atom is -0.494 e. The van der Waals surface area contributed by atoms with E-state index in [1.165, 1.54) is 4.31 Å². The van der Waals surface area contributed by atoms with Crippen LogP contribution in [0.25, 0.3) is 0 Å². The van der Waals surface area contributed by atoms with Gasteiger partial charge < -0.3 is 20.3 Å². The second kappa shape index (κ2) is 14.9. The maximum Gasteiger partial charge on any atom is 0.251 e. The van der Waals surface area contributed by atoms with Crippen molar-refractivity contribution in [2.75, 3.05) is 33.8 Å². The molecule has 1 fully saturated rings. The number of rotatable bonds is 15. The van der Waals surface area contributed by atoms with Gasteiger partial charge in [-0.25, -0.2) is 8.42 Å². The summed E-state index contributed by atoms with van der Waals surface area (Å²) >= 11 is 0. The van der Waals surface area contributed by atoms with Crippen LogP contribution in [0.4, 0.5) is 0 Å². The van der Waals surface area contributed by atoms with Crippen LogP contribution in [0.1, 0.15) is 57.2 Å². The lowest BCUT2D eigenvalue weighted by Crippen LogP contribution is -2.34. The quantitative estimate of drug-likeness (QED) is 0.183. The summed E-state index contributed by atoms with van der Waals surface area (Å²) in [4.78, 5) is 27.9. The van der Waals surface area contributed by atoms with Crippen molar-refractivity contribution < 1.29 is 22.7 Å². The minimum atomic E-state index is -3.93. The van der Waals surface area contributed by atoms with Crippen LogP contribution in [0.3, 0.4) is 0 Å². The van der Waals surface area contributed by atoms with Gasteiger partial charge in [0.15, 0.2) is 0 Å². The van der Waals surface area contributed by atoms with E-state index >= 15 is 0 Å². The molecule has 0 aliphatic heterocycles. The molecule has 2 N–H and O–H groups in total. The van der Waals surface area contributed by atoms with Crippen molar-refractivity contribution in [3.8, 4) is 5.75 Å². The summed E-state index contributed by atoms with van der Waals surface area (Å²) in [6, 6.07) is 30.4. The molecule has 0 saturated heterocycles. The molecule has 10 heteroatoms. The number of nitrogens with one attached hydrogen (secondary N) is 2. The van der Waals surface area contributed by atoms with Gasteiger partial charge in [-0.1, -0.05) is 54.6 Å². The van der Waals surface area contributed by atoms with Crippen LogP contribution in [0.2, 0.25) is 0 Å². The number of carbonyl (C=O) groups excluding carboxylic acids is 2. The lowest BCUT2D eigenvalue weighted by Gasteiger charge is -2.23. The van der Waals surface area contributed by atoms with Crippen LogP contribution in [0.15, 0.2) is 108 Å². The Morgan fingerprint density at radius 1 is 0.766 bits per heavy atom. The second-order valence-corrected chi connectivity index (χ2v) is 14.0. The molecule has 246 valence electrons. The molecule has 5 rings (SSSR count). The Labute approximate surface area is 277 Å². The van der Waals surface area contributed by atoms with E-state index in [4.69, 9.17) is 4.74 Å². The number of ether oxygens (including phenoxy) is 1. The van der Waals surface area contributed by atoms with Gasteiger partial charge >= 0.3 is 0 Å². The van der Waals surface area contributed by atoms with Crippen molar-refractivity contribution in [1.29, 1.82) is 0 Å². The topological polar surface area (TPSA) is 108 Å². The smallest absolute Gasteiger partial charge is 0.251 e. The number of hydrogen-bond donors (Lipinski definition) is 2. The number of amides is 2. The van der Waals surface area contributed by atoms with Gasteiger partial charge in [0.2, 0.25) is 10.0 Å².